The van der Waals surface area contributed by atoms with Crippen molar-refractivity contribution in [3.8, 4) is 0 Å². The molecule has 0 bridgehead atoms. The quantitative estimate of drug-likeness (QED) is 0.719. The molecule has 0 saturated carbocycles. The zero-order chi connectivity index (χ0) is 12.0. The summed E-state index contributed by atoms with van der Waals surface area (Å²) in [5.41, 5.74) is 0. The van der Waals surface area contributed by atoms with E-state index in [-0.39, 0.29) is 12.5 Å². The van der Waals surface area contributed by atoms with Gasteiger partial charge in [0, 0.05) is 32.8 Å². The van der Waals surface area contributed by atoms with Gasteiger partial charge in [-0.15, -0.1) is 0 Å². The minimum absolute atomic E-state index is 0.00514. The van der Waals surface area contributed by atoms with Gasteiger partial charge in [0.25, 0.3) is 0 Å². The van der Waals surface area contributed by atoms with E-state index in [0.29, 0.717) is 25.7 Å². The predicted octanol–water partition coefficient (Wildman–Crippen LogP) is 0.444. The molecule has 1 rings (SSSR count). The second kappa shape index (κ2) is 6.83. The molecule has 0 spiro atoms. The van der Waals surface area contributed by atoms with Crippen LogP contribution in [0.4, 0.5) is 0 Å². The highest BCUT2D eigenvalue weighted by molar-refractivity contribution is 5.67. The first-order valence-electron chi connectivity index (χ1n) is 5.66. The first-order chi connectivity index (χ1) is 7.63. The van der Waals surface area contributed by atoms with Crippen molar-refractivity contribution >= 4 is 5.97 Å². The Hall–Kier alpha value is -0.650. The third kappa shape index (κ3) is 4.47. The van der Waals surface area contributed by atoms with Gasteiger partial charge in [-0.3, -0.25) is 9.69 Å². The molecule has 2 atom stereocenters. The van der Waals surface area contributed by atoms with Crippen LogP contribution in [0, 0.1) is 5.92 Å². The van der Waals surface area contributed by atoms with Gasteiger partial charge in [0.15, 0.2) is 0 Å². The number of nitrogens with zero attached hydrogens (tertiary/aromatic N) is 1. The number of ether oxygens (including phenoxy) is 2. The van der Waals surface area contributed by atoms with Gasteiger partial charge in [0.2, 0.25) is 0 Å². The van der Waals surface area contributed by atoms with Crippen LogP contribution in [-0.4, -0.2) is 62.0 Å². The van der Waals surface area contributed by atoms with Gasteiger partial charge in [-0.2, -0.15) is 0 Å². The molecule has 2 unspecified atom stereocenters. The number of carboxylic acids is 1. The third-order valence-corrected chi connectivity index (χ3v) is 2.76. The summed E-state index contributed by atoms with van der Waals surface area (Å²) in [6.45, 7) is 5.71. The van der Waals surface area contributed by atoms with Gasteiger partial charge in [-0.1, -0.05) is 6.92 Å². The maximum absolute atomic E-state index is 10.7. The van der Waals surface area contributed by atoms with E-state index >= 15 is 0 Å². The van der Waals surface area contributed by atoms with Crippen LogP contribution in [0.5, 0.6) is 0 Å². The van der Waals surface area contributed by atoms with Gasteiger partial charge in [0.05, 0.1) is 19.6 Å². The molecule has 5 heteroatoms. The molecule has 16 heavy (non-hydrogen) atoms. The largest absolute Gasteiger partial charge is 0.481 e. The van der Waals surface area contributed by atoms with Crippen LogP contribution in [0.3, 0.4) is 0 Å². The second-order valence-electron chi connectivity index (χ2n) is 4.38. The van der Waals surface area contributed by atoms with E-state index in [1.807, 2.05) is 0 Å². The highest BCUT2D eigenvalue weighted by atomic mass is 16.5. The van der Waals surface area contributed by atoms with E-state index in [1.165, 1.54) is 0 Å². The van der Waals surface area contributed by atoms with Crippen LogP contribution >= 0.6 is 0 Å². The molecule has 1 aliphatic rings. The summed E-state index contributed by atoms with van der Waals surface area (Å²) in [4.78, 5) is 12.9. The van der Waals surface area contributed by atoms with E-state index < -0.39 is 5.97 Å². The molecule has 0 amide bonds. The molecule has 0 aromatic heterocycles. The van der Waals surface area contributed by atoms with Gasteiger partial charge < -0.3 is 14.6 Å². The summed E-state index contributed by atoms with van der Waals surface area (Å²) < 4.78 is 10.4. The first-order valence-corrected chi connectivity index (χ1v) is 5.66. The summed E-state index contributed by atoms with van der Waals surface area (Å²) in [6.07, 6.45) is 0.152. The number of methoxy groups -OCH3 is 1. The molecule has 1 fully saturated rings. The molecule has 0 radical (unpaired) electrons. The summed E-state index contributed by atoms with van der Waals surface area (Å²) >= 11 is 0. The lowest BCUT2D eigenvalue weighted by Crippen LogP contribution is -2.48. The number of rotatable bonds is 6. The molecule has 0 aromatic rings. The molecular weight excluding hydrogens is 210 g/mol. The molecule has 1 N–H and O–H groups in total. The Morgan fingerprint density at radius 2 is 2.44 bits per heavy atom. The van der Waals surface area contributed by atoms with Crippen LogP contribution in [0.15, 0.2) is 0 Å². The lowest BCUT2D eigenvalue weighted by Gasteiger charge is -2.36. The zero-order valence-corrected chi connectivity index (χ0v) is 10.0. The number of hydrogen-bond donors (Lipinski definition) is 1. The Kier molecular flexibility index (Phi) is 5.73. The number of aliphatic carboxylic acids is 1. The average molecular weight is 231 g/mol. The van der Waals surface area contributed by atoms with Crippen molar-refractivity contribution in [3.63, 3.8) is 0 Å². The summed E-state index contributed by atoms with van der Waals surface area (Å²) in [5.74, 6) is -0.348. The number of carboxylic acid groups (broad SMARTS) is 1. The van der Waals surface area contributed by atoms with Gasteiger partial charge >= 0.3 is 5.97 Å². The fourth-order valence-electron chi connectivity index (χ4n) is 2.06. The van der Waals surface area contributed by atoms with Gasteiger partial charge in [0.1, 0.15) is 0 Å². The lowest BCUT2D eigenvalue weighted by molar-refractivity contribution is -0.140. The van der Waals surface area contributed by atoms with Crippen LogP contribution in [0.1, 0.15) is 13.3 Å². The maximum Gasteiger partial charge on any atom is 0.305 e. The second-order valence-corrected chi connectivity index (χ2v) is 4.38. The molecule has 0 aromatic carbocycles. The molecule has 94 valence electrons. The molecule has 1 saturated heterocycles. The SMILES string of the molecule is COCC(C)CN1CCOCC1CC(=O)O. The molecule has 0 aliphatic carbocycles. The smallest absolute Gasteiger partial charge is 0.305 e. The van der Waals surface area contributed by atoms with Crippen molar-refractivity contribution in [2.24, 2.45) is 5.92 Å². The van der Waals surface area contributed by atoms with E-state index in [4.69, 9.17) is 14.6 Å². The number of morpholine rings is 1. The minimum Gasteiger partial charge on any atom is -0.481 e. The molecule has 1 heterocycles. The van der Waals surface area contributed by atoms with Crippen LogP contribution in [0.2, 0.25) is 0 Å². The van der Waals surface area contributed by atoms with Crippen LogP contribution in [-0.2, 0) is 14.3 Å². The van der Waals surface area contributed by atoms with Crippen molar-refractivity contribution in [1.29, 1.82) is 0 Å². The monoisotopic (exact) mass is 231 g/mol. The number of hydrogen-bond acceptors (Lipinski definition) is 4. The fraction of sp³-hybridized carbons (Fsp3) is 0.909. The highest BCUT2D eigenvalue weighted by Crippen LogP contribution is 2.13. The average Bonchev–Trinajstić information content (AvgIpc) is 2.20. The van der Waals surface area contributed by atoms with Crippen LogP contribution < -0.4 is 0 Å². The Morgan fingerprint density at radius 1 is 1.69 bits per heavy atom. The first kappa shape index (κ1) is 13.4. The summed E-state index contributed by atoms with van der Waals surface area (Å²) in [5, 5.41) is 8.81. The Morgan fingerprint density at radius 3 is 3.06 bits per heavy atom. The molecule has 5 nitrogen and oxygen atoms in total. The molecule has 1 aliphatic heterocycles. The van der Waals surface area contributed by atoms with Crippen molar-refractivity contribution < 1.29 is 19.4 Å². The Balaban J connectivity index is 2.43. The standard InChI is InChI=1S/C11H21NO4/c1-9(7-15-2)6-12-3-4-16-8-10(12)5-11(13)14/h9-10H,3-8H2,1-2H3,(H,13,14). The zero-order valence-electron chi connectivity index (χ0n) is 10.0. The van der Waals surface area contributed by atoms with Crippen molar-refractivity contribution in [3.05, 3.63) is 0 Å². The van der Waals surface area contributed by atoms with Crippen molar-refractivity contribution in [1.82, 2.24) is 4.90 Å². The van der Waals surface area contributed by atoms with E-state index in [0.717, 1.165) is 13.1 Å². The Labute approximate surface area is 96.3 Å². The molecular formula is C11H21NO4. The normalized spacial score (nSPS) is 24.2. The van der Waals surface area contributed by atoms with E-state index in [2.05, 4.69) is 11.8 Å². The topological polar surface area (TPSA) is 59.0 Å². The van der Waals surface area contributed by atoms with Gasteiger partial charge in [-0.25, -0.2) is 0 Å². The Bertz CT molecular complexity index is 222. The van der Waals surface area contributed by atoms with E-state index in [9.17, 15) is 4.79 Å². The van der Waals surface area contributed by atoms with Crippen LogP contribution in [0.25, 0.3) is 0 Å². The summed E-state index contributed by atoms with van der Waals surface area (Å²) in [7, 11) is 1.69. The maximum atomic E-state index is 10.7. The van der Waals surface area contributed by atoms with Gasteiger partial charge in [-0.05, 0) is 5.92 Å². The lowest BCUT2D eigenvalue weighted by atomic mass is 10.1. The van der Waals surface area contributed by atoms with Crippen molar-refractivity contribution in [2.75, 3.05) is 40.0 Å². The van der Waals surface area contributed by atoms with Crippen molar-refractivity contribution in [2.45, 2.75) is 19.4 Å². The third-order valence-electron chi connectivity index (χ3n) is 2.76. The minimum atomic E-state index is -0.764. The number of carbonyl (C=O) groups is 1. The summed E-state index contributed by atoms with van der Waals surface area (Å²) in [6, 6.07) is 0.00514. The fourth-order valence-corrected chi connectivity index (χ4v) is 2.06. The highest BCUT2D eigenvalue weighted by Gasteiger charge is 2.26. The van der Waals surface area contributed by atoms with E-state index in [1.54, 1.807) is 7.11 Å². The predicted molar refractivity (Wildman–Crippen MR) is 59.5 cm³/mol.